The van der Waals surface area contributed by atoms with Gasteiger partial charge in [-0.3, -0.25) is 9.78 Å². The zero-order valence-electron chi connectivity index (χ0n) is 22.9. The van der Waals surface area contributed by atoms with Crippen LogP contribution in [0.3, 0.4) is 0 Å². The minimum absolute atomic E-state index is 0.0905. The van der Waals surface area contributed by atoms with Gasteiger partial charge < -0.3 is 20.4 Å². The van der Waals surface area contributed by atoms with Gasteiger partial charge in [0.1, 0.15) is 5.60 Å². The molecular weight excluding hydrogens is 478 g/mol. The van der Waals surface area contributed by atoms with Gasteiger partial charge in [0.2, 0.25) is 0 Å². The fourth-order valence-electron chi connectivity index (χ4n) is 8.13. The monoisotopic (exact) mass is 519 g/mol. The van der Waals surface area contributed by atoms with Crippen molar-refractivity contribution in [2.24, 2.45) is 33.7 Å². The van der Waals surface area contributed by atoms with Crippen molar-refractivity contribution in [2.45, 2.75) is 83.8 Å². The second-order valence-electron chi connectivity index (χ2n) is 12.4. The van der Waals surface area contributed by atoms with Crippen molar-refractivity contribution in [1.82, 2.24) is 10.3 Å². The van der Waals surface area contributed by atoms with Gasteiger partial charge in [0.25, 0.3) is 5.91 Å². The summed E-state index contributed by atoms with van der Waals surface area (Å²) in [6, 6.07) is 3.63. The molecule has 0 unspecified atom stereocenters. The molecule has 4 aliphatic rings. The molecule has 1 aromatic heterocycles. The van der Waals surface area contributed by atoms with Crippen LogP contribution in [-0.4, -0.2) is 45.6 Å². The van der Waals surface area contributed by atoms with Gasteiger partial charge in [-0.1, -0.05) is 36.6 Å². The molecule has 7 nitrogen and oxygen atoms in total. The van der Waals surface area contributed by atoms with Crippen LogP contribution in [0.5, 0.6) is 0 Å². The molecule has 7 heteroatoms. The summed E-state index contributed by atoms with van der Waals surface area (Å²) >= 11 is 0. The zero-order chi connectivity index (χ0) is 27.1. The van der Waals surface area contributed by atoms with E-state index in [2.05, 4.69) is 41.3 Å². The second-order valence-corrected chi connectivity index (χ2v) is 12.4. The van der Waals surface area contributed by atoms with Crippen molar-refractivity contribution in [2.75, 3.05) is 13.2 Å². The predicted octanol–water partition coefficient (Wildman–Crippen LogP) is 4.24. The van der Waals surface area contributed by atoms with Crippen LogP contribution >= 0.6 is 0 Å². The molecule has 5 rings (SSSR count). The molecule has 1 heterocycles. The number of hydrogen-bond donors (Lipinski definition) is 3. The SMILES string of the molecule is C#C[C@@]1(O)CC[C@@H]2[C@@H]3CCC4=CC(=NOCC(=O)NC[C@H](O)c5ccc(C)nc5)CC[C@]4(C)[C@@H]3CC[C@@]21C. The van der Waals surface area contributed by atoms with E-state index >= 15 is 0 Å². The first-order chi connectivity index (χ1) is 18.1. The number of aryl methyl sites for hydroxylation is 1. The first-order valence-electron chi connectivity index (χ1n) is 14.1. The van der Waals surface area contributed by atoms with Crippen LogP contribution in [0.25, 0.3) is 0 Å². The summed E-state index contributed by atoms with van der Waals surface area (Å²) in [6.45, 7) is 6.43. The highest BCUT2D eigenvalue weighted by Crippen LogP contribution is 2.67. The third-order valence-electron chi connectivity index (χ3n) is 10.6. The first kappa shape index (κ1) is 26.9. The van der Waals surface area contributed by atoms with Crippen molar-refractivity contribution in [3.8, 4) is 12.3 Å². The van der Waals surface area contributed by atoms with Crippen LogP contribution in [0.1, 0.15) is 82.6 Å². The van der Waals surface area contributed by atoms with Crippen molar-refractivity contribution in [3.63, 3.8) is 0 Å². The number of carbonyl (C=O) groups excluding carboxylic acids is 1. The molecular formula is C31H41N3O4. The summed E-state index contributed by atoms with van der Waals surface area (Å²) in [4.78, 5) is 21.8. The quantitative estimate of drug-likeness (QED) is 0.385. The van der Waals surface area contributed by atoms with Crippen LogP contribution in [0.15, 0.2) is 35.1 Å². The molecule has 38 heavy (non-hydrogen) atoms. The summed E-state index contributed by atoms with van der Waals surface area (Å²) in [7, 11) is 0. The number of terminal acetylenes is 1. The molecule has 0 radical (unpaired) electrons. The summed E-state index contributed by atoms with van der Waals surface area (Å²) in [5.41, 5.74) is 2.86. The van der Waals surface area contributed by atoms with Crippen LogP contribution < -0.4 is 5.32 Å². The lowest BCUT2D eigenvalue weighted by atomic mass is 9.46. The van der Waals surface area contributed by atoms with E-state index in [0.29, 0.717) is 23.3 Å². The normalized spacial score (nSPS) is 37.7. The average molecular weight is 520 g/mol. The van der Waals surface area contributed by atoms with Crippen LogP contribution in [0.2, 0.25) is 0 Å². The molecule has 3 fully saturated rings. The molecule has 0 aliphatic heterocycles. The van der Waals surface area contributed by atoms with E-state index in [1.165, 1.54) is 5.57 Å². The number of oxime groups is 1. The van der Waals surface area contributed by atoms with E-state index in [9.17, 15) is 15.0 Å². The Kier molecular flexibility index (Phi) is 7.17. The maximum atomic E-state index is 12.2. The number of hydrogen-bond acceptors (Lipinski definition) is 6. The fraction of sp³-hybridized carbons (Fsp3) is 0.645. The Morgan fingerprint density at radius 2 is 2.03 bits per heavy atom. The van der Waals surface area contributed by atoms with E-state index in [-0.39, 0.29) is 29.9 Å². The number of nitrogens with one attached hydrogen (secondary N) is 1. The number of nitrogens with zero attached hydrogens (tertiary/aromatic N) is 2. The lowest BCUT2D eigenvalue weighted by molar-refractivity contribution is -0.126. The molecule has 0 saturated heterocycles. The highest BCUT2D eigenvalue weighted by Gasteiger charge is 2.63. The summed E-state index contributed by atoms with van der Waals surface area (Å²) in [5.74, 6) is 4.13. The van der Waals surface area contributed by atoms with Crippen molar-refractivity contribution < 1.29 is 19.8 Å². The van der Waals surface area contributed by atoms with E-state index in [0.717, 1.165) is 62.8 Å². The largest absolute Gasteiger partial charge is 0.387 e. The Morgan fingerprint density at radius 1 is 1.24 bits per heavy atom. The molecule has 4 aliphatic carbocycles. The Hall–Kier alpha value is -2.69. The standard InChI is InChI=1S/C31H41N3O4/c1-5-31(37)15-12-26-24-9-8-22-16-23(10-13-29(22,3)25(24)11-14-30(26,31)4)34-38-19-28(36)33-18-27(35)21-7-6-20(2)32-17-21/h1,6-7,16-17,24-27,35,37H,8-15,18-19H2,2-4H3,(H,33,36)/t24-,25-,26-,27+,29+,30+,31-/m1/s1. The van der Waals surface area contributed by atoms with Crippen LogP contribution in [-0.2, 0) is 9.63 Å². The number of fused-ring (bicyclic) bond motifs is 5. The first-order valence-corrected chi connectivity index (χ1v) is 14.1. The van der Waals surface area contributed by atoms with E-state index in [1.807, 2.05) is 13.0 Å². The summed E-state index contributed by atoms with van der Waals surface area (Å²) in [5, 5.41) is 28.4. The van der Waals surface area contributed by atoms with Gasteiger partial charge in [0.05, 0.1) is 11.8 Å². The smallest absolute Gasteiger partial charge is 0.260 e. The third kappa shape index (κ3) is 4.56. The van der Waals surface area contributed by atoms with Gasteiger partial charge >= 0.3 is 0 Å². The van der Waals surface area contributed by atoms with Gasteiger partial charge in [0, 0.05) is 29.4 Å². The molecule has 1 amide bonds. The number of aromatic nitrogens is 1. The minimum Gasteiger partial charge on any atom is -0.387 e. The van der Waals surface area contributed by atoms with Gasteiger partial charge in [-0.05, 0) is 93.6 Å². The predicted molar refractivity (Wildman–Crippen MR) is 146 cm³/mol. The third-order valence-corrected chi connectivity index (χ3v) is 10.6. The zero-order valence-corrected chi connectivity index (χ0v) is 22.9. The Bertz CT molecular complexity index is 1170. The Balaban J connectivity index is 1.16. The van der Waals surface area contributed by atoms with Crippen LogP contribution in [0, 0.1) is 47.9 Å². The van der Waals surface area contributed by atoms with Crippen molar-refractivity contribution >= 4 is 11.6 Å². The highest BCUT2D eigenvalue weighted by atomic mass is 16.6. The molecule has 0 spiro atoms. The molecule has 7 atom stereocenters. The molecule has 3 N–H and O–H groups in total. The number of aliphatic hydroxyl groups excluding tert-OH is 1. The fourth-order valence-corrected chi connectivity index (χ4v) is 8.13. The van der Waals surface area contributed by atoms with Gasteiger partial charge in [-0.2, -0.15) is 0 Å². The van der Waals surface area contributed by atoms with E-state index < -0.39 is 11.7 Å². The van der Waals surface area contributed by atoms with Crippen molar-refractivity contribution in [3.05, 3.63) is 41.2 Å². The maximum Gasteiger partial charge on any atom is 0.260 e. The van der Waals surface area contributed by atoms with Crippen molar-refractivity contribution in [1.29, 1.82) is 0 Å². The molecule has 0 aromatic carbocycles. The van der Waals surface area contributed by atoms with E-state index in [1.54, 1.807) is 12.3 Å². The van der Waals surface area contributed by atoms with Crippen LogP contribution in [0.4, 0.5) is 0 Å². The Morgan fingerprint density at radius 3 is 2.76 bits per heavy atom. The topological polar surface area (TPSA) is 104 Å². The summed E-state index contributed by atoms with van der Waals surface area (Å²) < 4.78 is 0. The maximum absolute atomic E-state index is 12.2. The van der Waals surface area contributed by atoms with Gasteiger partial charge in [-0.15, -0.1) is 6.42 Å². The average Bonchev–Trinajstić information content (AvgIpc) is 3.18. The lowest BCUT2D eigenvalue weighted by Gasteiger charge is -2.58. The lowest BCUT2D eigenvalue weighted by Crippen LogP contribution is -2.54. The highest BCUT2D eigenvalue weighted by molar-refractivity contribution is 5.96. The Labute approximate surface area is 226 Å². The number of aliphatic hydroxyl groups is 2. The van der Waals surface area contributed by atoms with Gasteiger partial charge in [-0.25, -0.2) is 0 Å². The minimum atomic E-state index is -0.967. The number of amides is 1. The second kappa shape index (κ2) is 10.1. The number of rotatable bonds is 6. The molecule has 3 saturated carbocycles. The van der Waals surface area contributed by atoms with E-state index in [4.69, 9.17) is 11.3 Å². The van der Waals surface area contributed by atoms with Gasteiger partial charge in [0.15, 0.2) is 6.61 Å². The molecule has 0 bridgehead atoms. The number of allylic oxidation sites excluding steroid dienone is 2. The molecule has 204 valence electrons. The number of pyridine rings is 1. The summed E-state index contributed by atoms with van der Waals surface area (Å²) in [6.07, 6.45) is 16.6. The number of carbonyl (C=O) groups is 1. The molecule has 1 aromatic rings.